The third kappa shape index (κ3) is 5.59. The van der Waals surface area contributed by atoms with Gasteiger partial charge in [0.05, 0.1) is 5.69 Å². The molecule has 3 atom stereocenters. The maximum atomic E-state index is 13.1. The van der Waals surface area contributed by atoms with Gasteiger partial charge in [-0.25, -0.2) is 9.07 Å². The van der Waals surface area contributed by atoms with Gasteiger partial charge in [0.15, 0.2) is 0 Å². The zero-order valence-corrected chi connectivity index (χ0v) is 19.6. The molecule has 2 heterocycles. The van der Waals surface area contributed by atoms with E-state index >= 15 is 0 Å². The Bertz CT molecular complexity index is 1140. The highest BCUT2D eigenvalue weighted by molar-refractivity contribution is 5.97. The average molecular weight is 476 g/mol. The summed E-state index contributed by atoms with van der Waals surface area (Å²) in [4.78, 5) is 27.7. The molecular formula is C27H30FN5O2. The fourth-order valence-corrected chi connectivity index (χ4v) is 4.54. The van der Waals surface area contributed by atoms with Gasteiger partial charge in [0, 0.05) is 43.0 Å². The third-order valence-corrected chi connectivity index (χ3v) is 6.83. The Morgan fingerprint density at radius 3 is 2.51 bits per heavy atom. The number of nitrogens with one attached hydrogen (secondary N) is 2. The first kappa shape index (κ1) is 23.2. The van der Waals surface area contributed by atoms with Crippen molar-refractivity contribution in [3.8, 4) is 5.69 Å². The van der Waals surface area contributed by atoms with E-state index in [9.17, 15) is 14.0 Å². The van der Waals surface area contributed by atoms with Crippen LogP contribution in [-0.4, -0.2) is 58.2 Å². The van der Waals surface area contributed by atoms with Crippen LogP contribution in [0.5, 0.6) is 0 Å². The highest BCUT2D eigenvalue weighted by atomic mass is 19.1. The largest absolute Gasteiger partial charge is 0.341 e. The molecule has 8 heteroatoms. The molecule has 1 aliphatic heterocycles. The molecule has 1 saturated heterocycles. The van der Waals surface area contributed by atoms with Gasteiger partial charge in [-0.2, -0.15) is 5.10 Å². The summed E-state index contributed by atoms with van der Waals surface area (Å²) in [5, 5.41) is 10.7. The zero-order chi connectivity index (χ0) is 24.2. The molecule has 2 aromatic carbocycles. The lowest BCUT2D eigenvalue weighted by Gasteiger charge is -2.34. The van der Waals surface area contributed by atoms with Crippen molar-refractivity contribution in [3.05, 3.63) is 83.9 Å². The fraction of sp³-hybridized carbons (Fsp3) is 0.370. The Morgan fingerprint density at radius 2 is 1.86 bits per heavy atom. The molecule has 1 unspecified atom stereocenters. The minimum atomic E-state index is -0.539. The zero-order valence-electron chi connectivity index (χ0n) is 19.6. The molecule has 2 N–H and O–H groups in total. The first-order valence-corrected chi connectivity index (χ1v) is 12.3. The number of nitrogens with zero attached hydrogens (tertiary/aromatic N) is 3. The van der Waals surface area contributed by atoms with Crippen LogP contribution in [-0.2, 0) is 4.79 Å². The minimum Gasteiger partial charge on any atom is -0.341 e. The van der Waals surface area contributed by atoms with Gasteiger partial charge in [0.2, 0.25) is 5.91 Å². The lowest BCUT2D eigenvalue weighted by atomic mass is 10.1. The van der Waals surface area contributed by atoms with E-state index in [0.29, 0.717) is 23.9 Å². The second-order valence-corrected chi connectivity index (χ2v) is 9.30. The van der Waals surface area contributed by atoms with Crippen molar-refractivity contribution < 1.29 is 14.0 Å². The third-order valence-electron chi connectivity index (χ3n) is 6.83. The van der Waals surface area contributed by atoms with E-state index in [2.05, 4.69) is 15.7 Å². The molecule has 3 aromatic rings. The summed E-state index contributed by atoms with van der Waals surface area (Å²) in [5.41, 5.74) is 2.53. The van der Waals surface area contributed by atoms with Gasteiger partial charge in [-0.15, -0.1) is 0 Å². The highest BCUT2D eigenvalue weighted by Gasteiger charge is 2.37. The summed E-state index contributed by atoms with van der Waals surface area (Å²) < 4.78 is 14.9. The molecule has 2 fully saturated rings. The summed E-state index contributed by atoms with van der Waals surface area (Å²) in [6.07, 6.45) is 6.94. The number of carbonyl (C=O) groups excluding carboxylic acids is 2. The van der Waals surface area contributed by atoms with E-state index in [1.54, 1.807) is 23.0 Å². The summed E-state index contributed by atoms with van der Waals surface area (Å²) in [5.74, 6) is -0.0537. The van der Waals surface area contributed by atoms with E-state index in [4.69, 9.17) is 0 Å². The van der Waals surface area contributed by atoms with Crippen LogP contribution in [0.15, 0.2) is 67.0 Å². The number of likely N-dealkylation sites (tertiary alicyclic amines) is 1. The Labute approximate surface area is 204 Å². The van der Waals surface area contributed by atoms with Gasteiger partial charge in [-0.1, -0.05) is 12.1 Å². The highest BCUT2D eigenvalue weighted by Crippen LogP contribution is 2.40. The molecule has 7 nitrogen and oxygen atoms in total. The predicted octanol–water partition coefficient (Wildman–Crippen LogP) is 3.27. The molecule has 1 aromatic heterocycles. The molecule has 2 amide bonds. The van der Waals surface area contributed by atoms with Gasteiger partial charge in [-0.05, 0) is 80.3 Å². The summed E-state index contributed by atoms with van der Waals surface area (Å²) >= 11 is 0. The molecule has 2 aliphatic rings. The van der Waals surface area contributed by atoms with Gasteiger partial charge < -0.3 is 15.5 Å². The summed E-state index contributed by atoms with van der Waals surface area (Å²) in [7, 11) is 0. The van der Waals surface area contributed by atoms with E-state index in [1.807, 2.05) is 41.4 Å². The number of halogens is 1. The number of amides is 2. The maximum Gasteiger partial charge on any atom is 0.251 e. The molecule has 1 aliphatic carbocycles. The second-order valence-electron chi connectivity index (χ2n) is 9.30. The first-order chi connectivity index (χ1) is 17.1. The average Bonchev–Trinajstić information content (AvgIpc) is 3.39. The van der Waals surface area contributed by atoms with Crippen LogP contribution >= 0.6 is 0 Å². The molecule has 0 radical (unpaired) electrons. The topological polar surface area (TPSA) is 79.3 Å². The maximum absolute atomic E-state index is 13.1. The number of hydrogen-bond donors (Lipinski definition) is 2. The van der Waals surface area contributed by atoms with Crippen molar-refractivity contribution in [3.63, 3.8) is 0 Å². The molecule has 5 rings (SSSR count). The van der Waals surface area contributed by atoms with Gasteiger partial charge in [0.25, 0.3) is 5.91 Å². The number of aromatic nitrogens is 2. The lowest BCUT2D eigenvalue weighted by Crippen LogP contribution is -2.53. The monoisotopic (exact) mass is 475 g/mol. The number of carbonyl (C=O) groups is 2. The van der Waals surface area contributed by atoms with Crippen LogP contribution in [0.2, 0.25) is 0 Å². The fourth-order valence-electron chi connectivity index (χ4n) is 4.54. The standard InChI is InChI=1S/C27H30FN5O2/c28-21-9-5-19(6-10-21)23-18-25(23)29-13-1-4-24(27(35)32-15-3-16-32)31-26(34)20-7-11-22(12-8-20)33-17-2-14-30-33/h2,5-12,14,17,23-25,29H,1,3-4,13,15-16,18H2,(H,31,34)/t23-,24?,25+/m0/s1. The molecule has 0 spiro atoms. The number of hydrogen-bond acceptors (Lipinski definition) is 4. The van der Waals surface area contributed by atoms with Crippen molar-refractivity contribution in [1.82, 2.24) is 25.3 Å². The molecule has 35 heavy (non-hydrogen) atoms. The first-order valence-electron chi connectivity index (χ1n) is 12.3. The molecule has 1 saturated carbocycles. The molecule has 0 bridgehead atoms. The molecular weight excluding hydrogens is 445 g/mol. The van der Waals surface area contributed by atoms with Crippen LogP contribution in [0, 0.1) is 5.82 Å². The summed E-state index contributed by atoms with van der Waals surface area (Å²) in [6, 6.07) is 15.6. The van der Waals surface area contributed by atoms with Gasteiger partial charge in [-0.3, -0.25) is 9.59 Å². The van der Waals surface area contributed by atoms with Crippen LogP contribution in [0.25, 0.3) is 5.69 Å². The van der Waals surface area contributed by atoms with E-state index < -0.39 is 6.04 Å². The van der Waals surface area contributed by atoms with Crippen molar-refractivity contribution in [2.24, 2.45) is 0 Å². The Hall–Kier alpha value is -3.52. The van der Waals surface area contributed by atoms with Crippen LogP contribution in [0.3, 0.4) is 0 Å². The second kappa shape index (κ2) is 10.4. The Morgan fingerprint density at radius 1 is 1.09 bits per heavy atom. The van der Waals surface area contributed by atoms with E-state index in [1.165, 1.54) is 12.1 Å². The minimum absolute atomic E-state index is 0.00614. The van der Waals surface area contributed by atoms with Crippen molar-refractivity contribution in [1.29, 1.82) is 0 Å². The molecule has 182 valence electrons. The quantitative estimate of drug-likeness (QED) is 0.441. The van der Waals surface area contributed by atoms with Gasteiger partial charge in [0.1, 0.15) is 11.9 Å². The van der Waals surface area contributed by atoms with Crippen LogP contribution < -0.4 is 10.6 Å². The van der Waals surface area contributed by atoms with Crippen molar-refractivity contribution in [2.45, 2.75) is 43.7 Å². The van der Waals surface area contributed by atoms with E-state index in [-0.39, 0.29) is 17.6 Å². The summed E-state index contributed by atoms with van der Waals surface area (Å²) in [6.45, 7) is 2.27. The van der Waals surface area contributed by atoms with E-state index in [0.717, 1.165) is 50.1 Å². The van der Waals surface area contributed by atoms with Gasteiger partial charge >= 0.3 is 0 Å². The Kier molecular flexibility index (Phi) is 6.90. The predicted molar refractivity (Wildman–Crippen MR) is 131 cm³/mol. The van der Waals surface area contributed by atoms with Crippen molar-refractivity contribution >= 4 is 11.8 Å². The van der Waals surface area contributed by atoms with Crippen molar-refractivity contribution in [2.75, 3.05) is 19.6 Å². The lowest BCUT2D eigenvalue weighted by molar-refractivity contribution is -0.136. The van der Waals surface area contributed by atoms with Crippen LogP contribution in [0.4, 0.5) is 4.39 Å². The Balaban J connectivity index is 1.13. The normalized spacial score (nSPS) is 19.6. The number of benzene rings is 2. The number of rotatable bonds is 10. The van der Waals surface area contributed by atoms with Crippen LogP contribution in [0.1, 0.15) is 47.5 Å². The smallest absolute Gasteiger partial charge is 0.251 e. The SMILES string of the molecule is O=C(NC(CCCN[C@@H]1C[C@H]1c1ccc(F)cc1)C(=O)N1CCC1)c1ccc(-n2cccn2)cc1.